The molecule has 0 aliphatic carbocycles. The van der Waals surface area contributed by atoms with Crippen LogP contribution in [0.15, 0.2) is 17.6 Å². The molecule has 7 heteroatoms. The average molecular weight is 286 g/mol. The molecule has 2 N–H and O–H groups in total. The van der Waals surface area contributed by atoms with Crippen LogP contribution in [0, 0.1) is 0 Å². The van der Waals surface area contributed by atoms with Gasteiger partial charge >= 0.3 is 0 Å². The largest absolute Gasteiger partial charge is 0.334 e. The fraction of sp³-hybridized carbons (Fsp3) is 0.750. The number of nitrogens with one attached hydrogen (secondary N) is 2. The molecule has 1 saturated heterocycles. The summed E-state index contributed by atoms with van der Waals surface area (Å²) >= 11 is 0. The molecule has 1 aromatic heterocycles. The minimum absolute atomic E-state index is 0.0945. The van der Waals surface area contributed by atoms with Gasteiger partial charge in [-0.15, -0.1) is 0 Å². The molecule has 0 bridgehead atoms. The van der Waals surface area contributed by atoms with Crippen molar-refractivity contribution in [3.8, 4) is 0 Å². The number of imidazole rings is 1. The summed E-state index contributed by atoms with van der Waals surface area (Å²) in [5.41, 5.74) is 0. The molecule has 1 fully saturated rings. The van der Waals surface area contributed by atoms with Crippen molar-refractivity contribution in [3.05, 3.63) is 12.5 Å². The molecule has 1 unspecified atom stereocenters. The van der Waals surface area contributed by atoms with Crippen molar-refractivity contribution in [3.63, 3.8) is 0 Å². The Bertz CT molecular complexity index is 504. The Labute approximate surface area is 114 Å². The number of piperidine rings is 1. The zero-order valence-corrected chi connectivity index (χ0v) is 12.3. The van der Waals surface area contributed by atoms with Crippen LogP contribution in [0.3, 0.4) is 0 Å². The lowest BCUT2D eigenvalue weighted by Gasteiger charge is -2.23. The first kappa shape index (κ1) is 14.5. The summed E-state index contributed by atoms with van der Waals surface area (Å²) in [6, 6.07) is 0.437. The van der Waals surface area contributed by atoms with Gasteiger partial charge in [-0.3, -0.25) is 0 Å². The van der Waals surface area contributed by atoms with Crippen LogP contribution in [0.4, 0.5) is 0 Å². The summed E-state index contributed by atoms with van der Waals surface area (Å²) in [6.45, 7) is 5.36. The number of sulfonamides is 1. The lowest BCUT2D eigenvalue weighted by Crippen LogP contribution is -2.43. The summed E-state index contributed by atoms with van der Waals surface area (Å²) in [7, 11) is -3.49. The zero-order chi connectivity index (χ0) is 13.9. The fourth-order valence-corrected chi connectivity index (χ4v) is 3.14. The Morgan fingerprint density at radius 3 is 2.89 bits per heavy atom. The van der Waals surface area contributed by atoms with Crippen LogP contribution < -0.4 is 10.0 Å². The van der Waals surface area contributed by atoms with Gasteiger partial charge in [-0.05, 0) is 33.2 Å². The first-order chi connectivity index (χ1) is 8.99. The topological polar surface area (TPSA) is 76.0 Å². The Morgan fingerprint density at radius 1 is 1.53 bits per heavy atom. The molecule has 1 atom stereocenters. The zero-order valence-electron chi connectivity index (χ0n) is 11.5. The molecule has 2 rings (SSSR count). The van der Waals surface area contributed by atoms with Crippen LogP contribution in [-0.2, 0) is 10.0 Å². The highest BCUT2D eigenvalue weighted by Crippen LogP contribution is 2.11. The van der Waals surface area contributed by atoms with Crippen LogP contribution in [0.1, 0.15) is 39.2 Å². The van der Waals surface area contributed by atoms with E-state index in [4.69, 9.17) is 0 Å². The molecule has 19 heavy (non-hydrogen) atoms. The van der Waals surface area contributed by atoms with Crippen LogP contribution in [0.25, 0.3) is 0 Å². The second-order valence-corrected chi connectivity index (χ2v) is 6.97. The maximum absolute atomic E-state index is 12.1. The summed E-state index contributed by atoms with van der Waals surface area (Å²) < 4.78 is 28.6. The predicted molar refractivity (Wildman–Crippen MR) is 73.4 cm³/mol. The molecule has 0 amide bonds. The van der Waals surface area contributed by atoms with Gasteiger partial charge in [0.05, 0.1) is 6.33 Å². The molecule has 0 aromatic carbocycles. The summed E-state index contributed by atoms with van der Waals surface area (Å²) in [5.74, 6) is 0. The lowest BCUT2D eigenvalue weighted by molar-refractivity contribution is 0.398. The van der Waals surface area contributed by atoms with E-state index in [9.17, 15) is 8.42 Å². The van der Waals surface area contributed by atoms with Gasteiger partial charge in [-0.2, -0.15) is 0 Å². The monoisotopic (exact) mass is 286 g/mol. The van der Waals surface area contributed by atoms with Crippen molar-refractivity contribution in [2.75, 3.05) is 13.1 Å². The van der Waals surface area contributed by atoms with Crippen molar-refractivity contribution >= 4 is 10.0 Å². The van der Waals surface area contributed by atoms with E-state index >= 15 is 0 Å². The van der Waals surface area contributed by atoms with Crippen LogP contribution in [0.5, 0.6) is 0 Å². The van der Waals surface area contributed by atoms with Crippen LogP contribution >= 0.6 is 0 Å². The SMILES string of the molecule is CC(C)n1cnc(S(=O)(=O)NCC2CCCCN2)c1. The van der Waals surface area contributed by atoms with Gasteiger partial charge in [0.1, 0.15) is 0 Å². The van der Waals surface area contributed by atoms with Gasteiger partial charge in [0.2, 0.25) is 0 Å². The third-order valence-corrected chi connectivity index (χ3v) is 4.69. The van der Waals surface area contributed by atoms with Gasteiger partial charge in [0.15, 0.2) is 5.03 Å². The van der Waals surface area contributed by atoms with Crippen molar-refractivity contribution < 1.29 is 8.42 Å². The van der Waals surface area contributed by atoms with Crippen molar-refractivity contribution in [2.45, 2.75) is 50.2 Å². The second kappa shape index (κ2) is 6.02. The molecule has 1 aliphatic rings. The molecule has 1 aliphatic heterocycles. The summed E-state index contributed by atoms with van der Waals surface area (Å²) in [4.78, 5) is 3.96. The van der Waals surface area contributed by atoms with E-state index in [0.717, 1.165) is 19.4 Å². The number of rotatable bonds is 5. The second-order valence-electron chi connectivity index (χ2n) is 5.25. The van der Waals surface area contributed by atoms with Gasteiger partial charge < -0.3 is 9.88 Å². The molecule has 1 aromatic rings. The first-order valence-corrected chi connectivity index (χ1v) is 8.24. The van der Waals surface area contributed by atoms with E-state index in [0.29, 0.717) is 6.54 Å². The molecular formula is C12H22N4O2S. The lowest BCUT2D eigenvalue weighted by atomic mass is 10.1. The summed E-state index contributed by atoms with van der Waals surface area (Å²) in [6.07, 6.45) is 6.46. The maximum atomic E-state index is 12.1. The molecule has 6 nitrogen and oxygen atoms in total. The highest BCUT2D eigenvalue weighted by molar-refractivity contribution is 7.89. The minimum Gasteiger partial charge on any atom is -0.334 e. The third kappa shape index (κ3) is 3.77. The molecule has 2 heterocycles. The maximum Gasteiger partial charge on any atom is 0.259 e. The average Bonchev–Trinajstić information content (AvgIpc) is 2.88. The molecule has 0 saturated carbocycles. The van der Waals surface area contributed by atoms with Crippen molar-refractivity contribution in [2.24, 2.45) is 0 Å². The highest BCUT2D eigenvalue weighted by Gasteiger charge is 2.20. The Hall–Kier alpha value is -0.920. The number of nitrogens with zero attached hydrogens (tertiary/aromatic N) is 2. The molecule has 0 spiro atoms. The van der Waals surface area contributed by atoms with Crippen molar-refractivity contribution in [1.82, 2.24) is 19.6 Å². The standard InChI is InChI=1S/C12H22N4O2S/c1-10(2)16-8-12(14-9-16)19(17,18)15-7-11-5-3-4-6-13-11/h8-11,13,15H,3-7H2,1-2H3. The van der Waals surface area contributed by atoms with E-state index in [-0.39, 0.29) is 17.1 Å². The number of hydrogen-bond donors (Lipinski definition) is 2. The van der Waals surface area contributed by atoms with Crippen molar-refractivity contribution in [1.29, 1.82) is 0 Å². The number of aromatic nitrogens is 2. The van der Waals surface area contributed by atoms with Crippen LogP contribution in [0.2, 0.25) is 0 Å². The van der Waals surface area contributed by atoms with Gasteiger partial charge in [-0.25, -0.2) is 18.1 Å². The minimum atomic E-state index is -3.49. The Balaban J connectivity index is 1.96. The molecular weight excluding hydrogens is 264 g/mol. The van der Waals surface area contributed by atoms with E-state index in [1.165, 1.54) is 6.42 Å². The highest BCUT2D eigenvalue weighted by atomic mass is 32.2. The van der Waals surface area contributed by atoms with Gasteiger partial charge in [0.25, 0.3) is 10.0 Å². The van der Waals surface area contributed by atoms with E-state index in [1.807, 2.05) is 13.8 Å². The molecule has 108 valence electrons. The normalized spacial score (nSPS) is 20.9. The van der Waals surface area contributed by atoms with E-state index in [2.05, 4.69) is 15.0 Å². The smallest absolute Gasteiger partial charge is 0.259 e. The predicted octanol–water partition coefficient (Wildman–Crippen LogP) is 0.884. The Morgan fingerprint density at radius 2 is 2.32 bits per heavy atom. The molecule has 0 radical (unpaired) electrons. The summed E-state index contributed by atoms with van der Waals surface area (Å²) in [5, 5.41) is 3.41. The van der Waals surface area contributed by atoms with Gasteiger partial charge in [0, 0.05) is 24.8 Å². The third-order valence-electron chi connectivity index (χ3n) is 3.38. The quantitative estimate of drug-likeness (QED) is 0.842. The van der Waals surface area contributed by atoms with Crippen LogP contribution in [-0.4, -0.2) is 37.1 Å². The van der Waals surface area contributed by atoms with E-state index in [1.54, 1.807) is 17.1 Å². The van der Waals surface area contributed by atoms with E-state index < -0.39 is 10.0 Å². The fourth-order valence-electron chi connectivity index (χ4n) is 2.12. The van der Waals surface area contributed by atoms with Gasteiger partial charge in [-0.1, -0.05) is 6.42 Å². The Kier molecular flexibility index (Phi) is 4.59. The first-order valence-electron chi connectivity index (χ1n) is 6.75. The number of hydrogen-bond acceptors (Lipinski definition) is 4.